The maximum absolute atomic E-state index is 4.60. The number of nitrogens with zero attached hydrogens (tertiary/aromatic N) is 3. The van der Waals surface area contributed by atoms with E-state index in [0.29, 0.717) is 0 Å². The average Bonchev–Trinajstić information content (AvgIpc) is 3.04. The van der Waals surface area contributed by atoms with Crippen LogP contribution in [0.5, 0.6) is 0 Å². The molecule has 1 fully saturated rings. The van der Waals surface area contributed by atoms with Gasteiger partial charge in [0.2, 0.25) is 0 Å². The molecule has 0 atom stereocenters. The quantitative estimate of drug-likeness (QED) is 0.534. The Morgan fingerprint density at radius 1 is 1.21 bits per heavy atom. The number of thiazole rings is 1. The van der Waals surface area contributed by atoms with Gasteiger partial charge in [-0.05, 0) is 56.8 Å². The van der Waals surface area contributed by atoms with E-state index in [1.54, 1.807) is 11.3 Å². The van der Waals surface area contributed by atoms with Crippen molar-refractivity contribution in [3.8, 4) is 0 Å². The maximum atomic E-state index is 4.60. The minimum atomic E-state index is 0.778. The maximum Gasteiger partial charge on any atom is 0.191 e. The van der Waals surface area contributed by atoms with E-state index in [-0.39, 0.29) is 0 Å². The fourth-order valence-corrected chi connectivity index (χ4v) is 4.59. The van der Waals surface area contributed by atoms with Gasteiger partial charge in [0.15, 0.2) is 5.96 Å². The summed E-state index contributed by atoms with van der Waals surface area (Å²) in [5.74, 6) is 1.72. The molecule has 1 saturated heterocycles. The first-order chi connectivity index (χ1) is 14.0. The topological polar surface area (TPSA) is 52.6 Å². The van der Waals surface area contributed by atoms with Crippen LogP contribution in [0.4, 0.5) is 0 Å². The van der Waals surface area contributed by atoms with Crippen molar-refractivity contribution in [1.82, 2.24) is 20.5 Å². The first-order valence-electron chi connectivity index (χ1n) is 10.7. The number of rotatable bonds is 7. The Morgan fingerprint density at radius 2 is 1.97 bits per heavy atom. The molecule has 0 radical (unpaired) electrons. The van der Waals surface area contributed by atoms with Gasteiger partial charge < -0.3 is 10.6 Å². The number of guanidine groups is 1. The Hall–Kier alpha value is -1.92. The Kier molecular flexibility index (Phi) is 8.07. The first-order valence-corrected chi connectivity index (χ1v) is 11.5. The highest BCUT2D eigenvalue weighted by molar-refractivity contribution is 7.11. The Labute approximate surface area is 179 Å². The summed E-state index contributed by atoms with van der Waals surface area (Å²) >= 11 is 1.78. The highest BCUT2D eigenvalue weighted by atomic mass is 32.1. The van der Waals surface area contributed by atoms with Crippen molar-refractivity contribution in [3.63, 3.8) is 0 Å². The zero-order chi connectivity index (χ0) is 20.6. The Bertz CT molecular complexity index is 786. The second kappa shape index (κ2) is 10.7. The summed E-state index contributed by atoms with van der Waals surface area (Å²) in [6.45, 7) is 11.7. The molecule has 2 N–H and O–H groups in total. The zero-order valence-electron chi connectivity index (χ0n) is 18.3. The molecule has 6 heteroatoms. The smallest absolute Gasteiger partial charge is 0.191 e. The van der Waals surface area contributed by atoms with Crippen molar-refractivity contribution in [1.29, 1.82) is 0 Å². The standard InChI is InChI=1S/C23H35N5S/c1-17-9-12-28(13-10-17)16-21-7-5-6-20(14-21)15-26-23(24-4)25-11-8-22-27-18(2)19(3)29-22/h5-7,14,17H,8-13,15-16H2,1-4H3,(H2,24,25,26). The summed E-state index contributed by atoms with van der Waals surface area (Å²) in [6.07, 6.45) is 3.57. The number of hydrogen-bond acceptors (Lipinski definition) is 4. The van der Waals surface area contributed by atoms with Crippen molar-refractivity contribution in [2.45, 2.75) is 53.1 Å². The summed E-state index contributed by atoms with van der Waals surface area (Å²) in [7, 11) is 1.82. The van der Waals surface area contributed by atoms with E-state index in [1.807, 2.05) is 7.05 Å². The molecule has 1 aliphatic rings. The highest BCUT2D eigenvalue weighted by Gasteiger charge is 2.15. The van der Waals surface area contributed by atoms with Crippen LogP contribution < -0.4 is 10.6 Å². The first kappa shape index (κ1) is 21.8. The minimum absolute atomic E-state index is 0.778. The summed E-state index contributed by atoms with van der Waals surface area (Å²) in [6, 6.07) is 8.91. The molecule has 3 rings (SSSR count). The third kappa shape index (κ3) is 6.82. The molecule has 1 aromatic heterocycles. The third-order valence-corrected chi connectivity index (χ3v) is 6.79. The van der Waals surface area contributed by atoms with Gasteiger partial charge in [0.05, 0.1) is 10.7 Å². The molecular weight excluding hydrogens is 378 g/mol. The molecule has 2 heterocycles. The number of aryl methyl sites for hydroxylation is 2. The van der Waals surface area contributed by atoms with Crippen molar-refractivity contribution in [3.05, 3.63) is 51.0 Å². The second-order valence-corrected chi connectivity index (χ2v) is 9.42. The molecule has 0 saturated carbocycles. The molecule has 1 aliphatic heterocycles. The van der Waals surface area contributed by atoms with Gasteiger partial charge in [-0.1, -0.05) is 31.2 Å². The summed E-state index contributed by atoms with van der Waals surface area (Å²) in [4.78, 5) is 12.8. The van der Waals surface area contributed by atoms with E-state index in [2.05, 4.69) is 70.5 Å². The lowest BCUT2D eigenvalue weighted by Gasteiger charge is -2.30. The van der Waals surface area contributed by atoms with Crippen molar-refractivity contribution in [2.75, 3.05) is 26.7 Å². The van der Waals surface area contributed by atoms with Crippen molar-refractivity contribution < 1.29 is 0 Å². The number of likely N-dealkylation sites (tertiary alicyclic amines) is 1. The van der Waals surface area contributed by atoms with Gasteiger partial charge in [-0.25, -0.2) is 4.98 Å². The highest BCUT2D eigenvalue weighted by Crippen LogP contribution is 2.19. The fraction of sp³-hybridized carbons (Fsp3) is 0.565. The number of nitrogens with one attached hydrogen (secondary N) is 2. The summed E-state index contributed by atoms with van der Waals surface area (Å²) in [5.41, 5.74) is 3.84. The molecule has 0 aliphatic carbocycles. The lowest BCUT2D eigenvalue weighted by molar-refractivity contribution is 0.185. The van der Waals surface area contributed by atoms with Crippen LogP contribution in [0.25, 0.3) is 0 Å². The third-order valence-electron chi connectivity index (χ3n) is 5.66. The van der Waals surface area contributed by atoms with Crippen molar-refractivity contribution in [2.24, 2.45) is 10.9 Å². The molecular formula is C23H35N5S. The van der Waals surface area contributed by atoms with Gasteiger partial charge in [0.25, 0.3) is 0 Å². The SMILES string of the molecule is CN=C(NCCc1nc(C)c(C)s1)NCc1cccc(CN2CCC(C)CC2)c1. The average molecular weight is 414 g/mol. The Morgan fingerprint density at radius 3 is 2.66 bits per heavy atom. The van der Waals surface area contributed by atoms with Crippen molar-refractivity contribution >= 4 is 17.3 Å². The predicted octanol–water partition coefficient (Wildman–Crippen LogP) is 3.90. The van der Waals surface area contributed by atoms with E-state index < -0.39 is 0 Å². The molecule has 1 aromatic carbocycles. The predicted molar refractivity (Wildman–Crippen MR) is 124 cm³/mol. The van der Waals surface area contributed by atoms with Crippen LogP contribution in [0.2, 0.25) is 0 Å². The molecule has 0 unspecified atom stereocenters. The second-order valence-electron chi connectivity index (χ2n) is 8.13. The van der Waals surface area contributed by atoms with Gasteiger partial charge in [0, 0.05) is 38.0 Å². The fourth-order valence-electron chi connectivity index (χ4n) is 3.66. The zero-order valence-corrected chi connectivity index (χ0v) is 19.1. The van der Waals surface area contributed by atoms with Crippen LogP contribution in [0.1, 0.15) is 46.5 Å². The van der Waals surface area contributed by atoms with Gasteiger partial charge in [-0.15, -0.1) is 11.3 Å². The van der Waals surface area contributed by atoms with Crippen LogP contribution in [-0.2, 0) is 19.5 Å². The molecule has 158 valence electrons. The van der Waals surface area contributed by atoms with Gasteiger partial charge in [0.1, 0.15) is 0 Å². The number of aromatic nitrogens is 1. The molecule has 2 aromatic rings. The molecule has 0 spiro atoms. The molecule has 0 bridgehead atoms. The summed E-state index contributed by atoms with van der Waals surface area (Å²) < 4.78 is 0. The molecule has 29 heavy (non-hydrogen) atoms. The number of benzene rings is 1. The number of piperidine rings is 1. The lowest BCUT2D eigenvalue weighted by Crippen LogP contribution is -2.37. The monoisotopic (exact) mass is 413 g/mol. The largest absolute Gasteiger partial charge is 0.356 e. The molecule has 0 amide bonds. The van der Waals surface area contributed by atoms with E-state index in [0.717, 1.165) is 43.6 Å². The minimum Gasteiger partial charge on any atom is -0.356 e. The van der Waals surface area contributed by atoms with E-state index in [4.69, 9.17) is 0 Å². The van der Waals surface area contributed by atoms with Gasteiger partial charge in [-0.2, -0.15) is 0 Å². The van der Waals surface area contributed by atoms with E-state index >= 15 is 0 Å². The van der Waals surface area contributed by atoms with Crippen LogP contribution >= 0.6 is 11.3 Å². The van der Waals surface area contributed by atoms with Crippen LogP contribution in [0.3, 0.4) is 0 Å². The number of hydrogen-bond donors (Lipinski definition) is 2. The molecule has 5 nitrogen and oxygen atoms in total. The summed E-state index contributed by atoms with van der Waals surface area (Å²) in [5, 5.41) is 8.02. The van der Waals surface area contributed by atoms with Crippen LogP contribution in [0.15, 0.2) is 29.3 Å². The van der Waals surface area contributed by atoms with Crippen LogP contribution in [0, 0.1) is 19.8 Å². The van der Waals surface area contributed by atoms with E-state index in [9.17, 15) is 0 Å². The van der Waals surface area contributed by atoms with Crippen LogP contribution in [-0.4, -0.2) is 42.5 Å². The Balaban J connectivity index is 1.44. The van der Waals surface area contributed by atoms with E-state index in [1.165, 1.54) is 46.9 Å². The van der Waals surface area contributed by atoms with Gasteiger partial charge >= 0.3 is 0 Å². The normalized spacial score (nSPS) is 16.2. The van der Waals surface area contributed by atoms with Gasteiger partial charge in [-0.3, -0.25) is 9.89 Å². The number of aliphatic imine (C=N–C) groups is 1. The lowest BCUT2D eigenvalue weighted by atomic mass is 9.98.